The minimum atomic E-state index is -1.61. The molecule has 0 unspecified atom stereocenters. The number of carboxylic acids is 2. The third-order valence-corrected chi connectivity index (χ3v) is 3.93. The van der Waals surface area contributed by atoms with Crippen molar-refractivity contribution in [1.29, 1.82) is 0 Å². The summed E-state index contributed by atoms with van der Waals surface area (Å²) in [5, 5.41) is 22.3. The molecule has 0 aliphatic rings. The molecule has 1 aromatic rings. The molecule has 0 spiro atoms. The van der Waals surface area contributed by atoms with Gasteiger partial charge in [-0.1, -0.05) is 30.3 Å². The number of nitrogens with one attached hydrogen (secondary N) is 2. The van der Waals surface area contributed by atoms with E-state index in [0.717, 1.165) is 5.56 Å². The maximum atomic E-state index is 12.4. The number of primary amides is 1. The van der Waals surface area contributed by atoms with E-state index in [-0.39, 0.29) is 12.8 Å². The summed E-state index contributed by atoms with van der Waals surface area (Å²) in [4.78, 5) is 57.7. The van der Waals surface area contributed by atoms with Gasteiger partial charge in [0.2, 0.25) is 17.7 Å². The van der Waals surface area contributed by atoms with Gasteiger partial charge in [-0.2, -0.15) is 0 Å². The fourth-order valence-electron chi connectivity index (χ4n) is 2.45. The maximum absolute atomic E-state index is 12.4. The number of hydrogen-bond donors (Lipinski definition) is 6. The van der Waals surface area contributed by atoms with Crippen LogP contribution in [0.15, 0.2) is 30.3 Å². The van der Waals surface area contributed by atoms with Gasteiger partial charge in [-0.15, -0.1) is 0 Å². The zero-order valence-corrected chi connectivity index (χ0v) is 15.5. The second kappa shape index (κ2) is 11.4. The summed E-state index contributed by atoms with van der Waals surface area (Å²) in [6.45, 7) is 0. The van der Waals surface area contributed by atoms with E-state index < -0.39 is 60.6 Å². The van der Waals surface area contributed by atoms with Crippen LogP contribution in [0, 0.1) is 0 Å². The predicted octanol–water partition coefficient (Wildman–Crippen LogP) is -1.65. The number of nitrogens with two attached hydrogens (primary N) is 2. The monoisotopic (exact) mass is 408 g/mol. The van der Waals surface area contributed by atoms with Crippen molar-refractivity contribution in [2.45, 2.75) is 43.8 Å². The molecule has 158 valence electrons. The molecule has 0 saturated carbocycles. The molecule has 3 atom stereocenters. The molecule has 11 heteroatoms. The lowest BCUT2D eigenvalue weighted by molar-refractivity contribution is -0.144. The van der Waals surface area contributed by atoms with E-state index >= 15 is 0 Å². The molecule has 29 heavy (non-hydrogen) atoms. The number of carboxylic acid groups (broad SMARTS) is 2. The smallest absolute Gasteiger partial charge is 0.326 e. The molecule has 0 heterocycles. The Balaban J connectivity index is 2.82. The number of hydrogen-bond acceptors (Lipinski definition) is 6. The zero-order chi connectivity index (χ0) is 22.0. The van der Waals surface area contributed by atoms with Crippen LogP contribution in [0.3, 0.4) is 0 Å². The van der Waals surface area contributed by atoms with E-state index in [0.29, 0.717) is 0 Å². The van der Waals surface area contributed by atoms with Crippen molar-refractivity contribution in [3.8, 4) is 0 Å². The van der Waals surface area contributed by atoms with Gasteiger partial charge in [0.15, 0.2) is 0 Å². The molecule has 1 rings (SSSR count). The Morgan fingerprint density at radius 1 is 0.931 bits per heavy atom. The molecular weight excluding hydrogens is 384 g/mol. The summed E-state index contributed by atoms with van der Waals surface area (Å²) < 4.78 is 0. The summed E-state index contributed by atoms with van der Waals surface area (Å²) in [6.07, 6.45) is -1.23. The predicted molar refractivity (Wildman–Crippen MR) is 100 cm³/mol. The van der Waals surface area contributed by atoms with Crippen molar-refractivity contribution in [3.63, 3.8) is 0 Å². The second-order valence-corrected chi connectivity index (χ2v) is 6.36. The molecule has 8 N–H and O–H groups in total. The molecule has 0 aromatic heterocycles. The van der Waals surface area contributed by atoms with Crippen LogP contribution >= 0.6 is 0 Å². The first-order chi connectivity index (χ1) is 13.6. The van der Waals surface area contributed by atoms with Crippen LogP contribution < -0.4 is 22.1 Å². The number of aliphatic carboxylic acids is 2. The molecule has 11 nitrogen and oxygen atoms in total. The highest BCUT2D eigenvalue weighted by molar-refractivity contribution is 5.93. The highest BCUT2D eigenvalue weighted by Gasteiger charge is 2.29. The van der Waals surface area contributed by atoms with Crippen molar-refractivity contribution >= 4 is 29.7 Å². The Labute approximate surface area is 166 Å². The van der Waals surface area contributed by atoms with Gasteiger partial charge in [-0.05, 0) is 18.4 Å². The standard InChI is InChI=1S/C18H24N4O7/c19-11(8-10-4-2-1-3-5-10)16(26)21-12(6-7-15(24)25)17(27)22-13(18(28)29)9-14(20)23/h1-5,11-13H,6-9,19H2,(H2,20,23)(H,21,26)(H,22,27)(H,24,25)(H,28,29)/t11-,12-,13-/m0/s1. The van der Waals surface area contributed by atoms with Crippen molar-refractivity contribution < 1.29 is 34.2 Å². The lowest BCUT2D eigenvalue weighted by Gasteiger charge is -2.22. The van der Waals surface area contributed by atoms with Crippen molar-refractivity contribution in [1.82, 2.24) is 10.6 Å². The van der Waals surface area contributed by atoms with Gasteiger partial charge >= 0.3 is 11.9 Å². The molecule has 0 bridgehead atoms. The molecule has 3 amide bonds. The molecule has 0 saturated heterocycles. The highest BCUT2D eigenvalue weighted by Crippen LogP contribution is 2.05. The lowest BCUT2D eigenvalue weighted by Crippen LogP contribution is -2.55. The van der Waals surface area contributed by atoms with Gasteiger partial charge < -0.3 is 32.3 Å². The Hall–Kier alpha value is -3.47. The minimum Gasteiger partial charge on any atom is -0.481 e. The molecule has 0 aliphatic carbocycles. The average molecular weight is 408 g/mol. The normalized spacial score (nSPS) is 13.6. The first-order valence-corrected chi connectivity index (χ1v) is 8.73. The van der Waals surface area contributed by atoms with Crippen LogP contribution in [0.5, 0.6) is 0 Å². The van der Waals surface area contributed by atoms with E-state index in [9.17, 15) is 24.0 Å². The van der Waals surface area contributed by atoms with Gasteiger partial charge in [0.25, 0.3) is 0 Å². The van der Waals surface area contributed by atoms with Crippen molar-refractivity contribution in [2.24, 2.45) is 11.5 Å². The Kier molecular flexibility index (Phi) is 9.26. The van der Waals surface area contributed by atoms with Crippen LogP contribution in [-0.4, -0.2) is 58.0 Å². The zero-order valence-electron chi connectivity index (χ0n) is 15.5. The van der Waals surface area contributed by atoms with Gasteiger partial charge in [-0.25, -0.2) is 4.79 Å². The largest absolute Gasteiger partial charge is 0.481 e. The van der Waals surface area contributed by atoms with Gasteiger partial charge in [0.05, 0.1) is 12.5 Å². The van der Waals surface area contributed by atoms with Crippen LogP contribution in [0.25, 0.3) is 0 Å². The van der Waals surface area contributed by atoms with Crippen LogP contribution in [-0.2, 0) is 30.4 Å². The lowest BCUT2D eigenvalue weighted by atomic mass is 10.0. The Morgan fingerprint density at radius 2 is 1.52 bits per heavy atom. The first kappa shape index (κ1) is 23.6. The average Bonchev–Trinajstić information content (AvgIpc) is 2.64. The molecular formula is C18H24N4O7. The molecule has 0 aliphatic heterocycles. The minimum absolute atomic E-state index is 0.180. The number of benzene rings is 1. The van der Waals surface area contributed by atoms with Crippen LogP contribution in [0.4, 0.5) is 0 Å². The SMILES string of the molecule is NC(=O)C[C@H](NC(=O)[C@H](CCC(=O)O)NC(=O)[C@@H](N)Cc1ccccc1)C(=O)O. The van der Waals surface area contributed by atoms with E-state index in [1.165, 1.54) is 0 Å². The summed E-state index contributed by atoms with van der Waals surface area (Å²) >= 11 is 0. The second-order valence-electron chi connectivity index (χ2n) is 6.36. The highest BCUT2D eigenvalue weighted by atomic mass is 16.4. The fourth-order valence-corrected chi connectivity index (χ4v) is 2.45. The number of rotatable bonds is 12. The summed E-state index contributed by atoms with van der Waals surface area (Å²) in [5.74, 6) is -5.33. The van der Waals surface area contributed by atoms with Crippen LogP contribution in [0.2, 0.25) is 0 Å². The fraction of sp³-hybridized carbons (Fsp3) is 0.389. The first-order valence-electron chi connectivity index (χ1n) is 8.73. The Bertz CT molecular complexity index is 754. The van der Waals surface area contributed by atoms with Crippen LogP contribution in [0.1, 0.15) is 24.8 Å². The van der Waals surface area contributed by atoms with E-state index in [1.54, 1.807) is 30.3 Å². The van der Waals surface area contributed by atoms with Gasteiger partial charge in [-0.3, -0.25) is 19.2 Å². The number of amides is 3. The van der Waals surface area contributed by atoms with Gasteiger partial charge in [0, 0.05) is 6.42 Å². The van der Waals surface area contributed by atoms with E-state index in [2.05, 4.69) is 10.6 Å². The Morgan fingerprint density at radius 3 is 2.03 bits per heavy atom. The van der Waals surface area contributed by atoms with E-state index in [4.69, 9.17) is 21.7 Å². The molecule has 1 aromatic carbocycles. The summed E-state index contributed by atoms with van der Waals surface area (Å²) in [6, 6.07) is 4.90. The topological polar surface area (TPSA) is 202 Å². The van der Waals surface area contributed by atoms with Crippen molar-refractivity contribution in [3.05, 3.63) is 35.9 Å². The number of carbonyl (C=O) groups excluding carboxylic acids is 3. The van der Waals surface area contributed by atoms with E-state index in [1.807, 2.05) is 0 Å². The quantitative estimate of drug-likeness (QED) is 0.236. The maximum Gasteiger partial charge on any atom is 0.326 e. The van der Waals surface area contributed by atoms with Gasteiger partial charge in [0.1, 0.15) is 12.1 Å². The summed E-state index contributed by atoms with van der Waals surface area (Å²) in [7, 11) is 0. The molecule has 0 radical (unpaired) electrons. The van der Waals surface area contributed by atoms with Crippen molar-refractivity contribution in [2.75, 3.05) is 0 Å². The molecule has 0 fully saturated rings. The number of carbonyl (C=O) groups is 5. The summed E-state index contributed by atoms with van der Waals surface area (Å²) in [5.41, 5.74) is 11.6. The third-order valence-electron chi connectivity index (χ3n) is 3.93. The third kappa shape index (κ3) is 8.84.